The minimum Gasteiger partial charge on any atom is -0.465 e. The molecular weight excluding hydrogens is 475 g/mol. The van der Waals surface area contributed by atoms with Crippen molar-refractivity contribution in [1.82, 2.24) is 24.8 Å². The van der Waals surface area contributed by atoms with Crippen molar-refractivity contribution in [3.8, 4) is 6.01 Å². The van der Waals surface area contributed by atoms with E-state index in [4.69, 9.17) is 16.3 Å². The van der Waals surface area contributed by atoms with Gasteiger partial charge in [-0.1, -0.05) is 35.9 Å². The van der Waals surface area contributed by atoms with Gasteiger partial charge in [0.2, 0.25) is 0 Å². The van der Waals surface area contributed by atoms with E-state index in [9.17, 15) is 9.90 Å². The first kappa shape index (κ1) is 22.5. The van der Waals surface area contributed by atoms with Crippen LogP contribution in [0.2, 0.25) is 5.15 Å². The van der Waals surface area contributed by atoms with Crippen LogP contribution < -0.4 is 9.64 Å². The summed E-state index contributed by atoms with van der Waals surface area (Å²) in [7, 11) is 0. The molecule has 2 aromatic rings. The van der Waals surface area contributed by atoms with Gasteiger partial charge in [-0.2, -0.15) is 9.97 Å². The summed E-state index contributed by atoms with van der Waals surface area (Å²) >= 11 is 5.97. The number of amides is 1. The molecule has 2 bridgehead atoms. The predicted octanol–water partition coefficient (Wildman–Crippen LogP) is 3.49. The van der Waals surface area contributed by atoms with Gasteiger partial charge in [-0.3, -0.25) is 9.80 Å². The zero-order valence-corrected chi connectivity index (χ0v) is 20.0. The number of halogens is 2. The molecule has 0 aromatic carbocycles. The van der Waals surface area contributed by atoms with Crippen molar-refractivity contribution in [2.24, 2.45) is 0 Å². The van der Waals surface area contributed by atoms with Crippen LogP contribution in [0.3, 0.4) is 0 Å². The van der Waals surface area contributed by atoms with Crippen molar-refractivity contribution < 1.29 is 19.0 Å². The van der Waals surface area contributed by atoms with Gasteiger partial charge in [0.1, 0.15) is 17.9 Å². The Bertz CT molecular complexity index is 1240. The normalized spacial score (nSPS) is 25.5. The van der Waals surface area contributed by atoms with Gasteiger partial charge in [-0.15, -0.1) is 0 Å². The molecule has 0 spiro atoms. The Morgan fingerprint density at radius 2 is 1.86 bits per heavy atom. The molecule has 4 aliphatic rings. The van der Waals surface area contributed by atoms with Gasteiger partial charge in [0, 0.05) is 32.4 Å². The average Bonchev–Trinajstić information content (AvgIpc) is 3.38. The van der Waals surface area contributed by atoms with E-state index in [1.807, 2.05) is 4.90 Å². The highest BCUT2D eigenvalue weighted by Crippen LogP contribution is 2.43. The van der Waals surface area contributed by atoms with E-state index in [2.05, 4.69) is 33.0 Å². The highest BCUT2D eigenvalue weighted by molar-refractivity contribution is 6.30. The summed E-state index contributed by atoms with van der Waals surface area (Å²) in [4.78, 5) is 30.6. The summed E-state index contributed by atoms with van der Waals surface area (Å²) in [5, 5.41) is 9.77. The molecule has 2 atom stereocenters. The number of piperazine rings is 1. The number of nitrogens with zero attached hydrogens (tertiary/aromatic N) is 6. The number of hydrogen-bond acceptors (Lipinski definition) is 7. The highest BCUT2D eigenvalue weighted by atomic mass is 35.5. The molecule has 184 valence electrons. The Balaban J connectivity index is 1.35. The summed E-state index contributed by atoms with van der Waals surface area (Å²) in [6.45, 7) is 11.2. The van der Waals surface area contributed by atoms with Crippen LogP contribution in [0.1, 0.15) is 25.7 Å². The molecule has 6 heterocycles. The molecule has 4 saturated heterocycles. The Kier molecular flexibility index (Phi) is 5.16. The number of rotatable bonds is 4. The van der Waals surface area contributed by atoms with Crippen LogP contribution in [-0.2, 0) is 0 Å². The molecule has 2 aromatic heterocycles. The number of ether oxygens (including phenoxy) is 1. The second-order valence-corrected chi connectivity index (χ2v) is 10.5. The third-order valence-electron chi connectivity index (χ3n) is 7.73. The predicted molar refractivity (Wildman–Crippen MR) is 129 cm³/mol. The largest absolute Gasteiger partial charge is 0.465 e. The summed E-state index contributed by atoms with van der Waals surface area (Å²) in [6, 6.07) is -0.231. The molecule has 1 N–H and O–H groups in total. The van der Waals surface area contributed by atoms with E-state index in [1.54, 1.807) is 0 Å². The van der Waals surface area contributed by atoms with E-state index in [0.717, 1.165) is 49.9 Å². The van der Waals surface area contributed by atoms with Gasteiger partial charge in [-0.25, -0.2) is 14.2 Å². The van der Waals surface area contributed by atoms with E-state index >= 15 is 4.39 Å². The van der Waals surface area contributed by atoms with E-state index in [-0.39, 0.29) is 34.3 Å². The lowest BCUT2D eigenvalue weighted by Crippen LogP contribution is -2.55. The summed E-state index contributed by atoms with van der Waals surface area (Å²) in [6.07, 6.45) is 3.73. The molecule has 0 saturated carbocycles. The van der Waals surface area contributed by atoms with Crippen molar-refractivity contribution in [3.05, 3.63) is 41.5 Å². The topological polar surface area (TPSA) is 94.9 Å². The number of hydrogen-bond donors (Lipinski definition) is 1. The molecule has 9 nitrogen and oxygen atoms in total. The third-order valence-corrected chi connectivity index (χ3v) is 7.99. The van der Waals surface area contributed by atoms with Crippen molar-refractivity contribution in [3.63, 3.8) is 0 Å². The van der Waals surface area contributed by atoms with Crippen LogP contribution in [0.5, 0.6) is 6.01 Å². The number of fused-ring (bicyclic) bond motifs is 4. The van der Waals surface area contributed by atoms with Crippen LogP contribution in [-0.4, -0.2) is 86.4 Å². The van der Waals surface area contributed by atoms with Crippen molar-refractivity contribution >= 4 is 34.4 Å². The minimum atomic E-state index is -0.909. The lowest BCUT2D eigenvalue weighted by atomic mass is 9.92. The molecular formula is C24H26ClFN6O3. The summed E-state index contributed by atoms with van der Waals surface area (Å²) in [5.41, 5.74) is 2.10. The summed E-state index contributed by atoms with van der Waals surface area (Å²) < 4.78 is 21.2. The second kappa shape index (κ2) is 8.03. The molecule has 1 amide bonds. The summed E-state index contributed by atoms with van der Waals surface area (Å²) in [5.74, 6) is -0.246. The fraction of sp³-hybridized carbons (Fsp3) is 0.500. The Hall–Kier alpha value is -2.98. The van der Waals surface area contributed by atoms with E-state index in [1.165, 1.54) is 11.1 Å². The van der Waals surface area contributed by atoms with Gasteiger partial charge in [0.25, 0.3) is 0 Å². The monoisotopic (exact) mass is 500 g/mol. The number of anilines is 1. The fourth-order valence-corrected chi connectivity index (χ4v) is 6.48. The van der Waals surface area contributed by atoms with Gasteiger partial charge in [0.05, 0.1) is 23.0 Å². The molecule has 4 aliphatic heterocycles. The van der Waals surface area contributed by atoms with Crippen LogP contribution in [0, 0.1) is 5.82 Å². The van der Waals surface area contributed by atoms with Crippen LogP contribution in [0.25, 0.3) is 10.9 Å². The molecule has 0 unspecified atom stereocenters. The van der Waals surface area contributed by atoms with Crippen LogP contribution in [0.4, 0.5) is 15.0 Å². The van der Waals surface area contributed by atoms with Gasteiger partial charge < -0.3 is 14.7 Å². The zero-order valence-electron chi connectivity index (χ0n) is 19.2. The second-order valence-electron chi connectivity index (χ2n) is 10.2. The van der Waals surface area contributed by atoms with Crippen LogP contribution in [0.15, 0.2) is 30.5 Å². The van der Waals surface area contributed by atoms with Gasteiger partial charge >= 0.3 is 12.1 Å². The minimum absolute atomic E-state index is 0.0408. The zero-order chi connectivity index (χ0) is 24.5. The maximum Gasteiger partial charge on any atom is 0.407 e. The molecule has 4 fully saturated rings. The van der Waals surface area contributed by atoms with Gasteiger partial charge in [0.15, 0.2) is 11.0 Å². The Labute approximate surface area is 206 Å². The first-order valence-corrected chi connectivity index (χ1v) is 12.1. The number of aromatic nitrogens is 3. The third kappa shape index (κ3) is 3.61. The highest BCUT2D eigenvalue weighted by Gasteiger charge is 2.48. The Morgan fingerprint density at radius 3 is 2.49 bits per heavy atom. The molecule has 11 heteroatoms. The first-order valence-electron chi connectivity index (χ1n) is 11.7. The SMILES string of the molecule is C=C1CN2CC(=C)CC2(COc2nc(N3C[C@H]4CC[C@@H](C3)N4C(=O)O)c3cnc(Cl)c(F)c3n2)C1. The maximum absolute atomic E-state index is 15.0. The standard InChI is InChI=1S/C24H26ClFN6O3/c1-13-5-24(6-14(2)9-31(24)8-13)12-35-22-28-19-17(7-27-20(25)18(19)26)21(29-22)30-10-15-3-4-16(11-30)32(15)23(33)34/h7,15-16H,1-6,8-12H2,(H,33,34)/t15-,16+. The van der Waals surface area contributed by atoms with Crippen molar-refractivity contribution in [2.45, 2.75) is 43.3 Å². The van der Waals surface area contributed by atoms with Gasteiger partial charge in [-0.05, 0) is 25.7 Å². The van der Waals surface area contributed by atoms with Crippen molar-refractivity contribution in [1.29, 1.82) is 0 Å². The first-order chi connectivity index (χ1) is 16.7. The quantitative estimate of drug-likeness (QED) is 0.503. The lowest BCUT2D eigenvalue weighted by Gasteiger charge is -2.40. The lowest BCUT2D eigenvalue weighted by molar-refractivity contribution is 0.107. The molecule has 0 radical (unpaired) electrons. The average molecular weight is 501 g/mol. The molecule has 35 heavy (non-hydrogen) atoms. The Morgan fingerprint density at radius 1 is 1.20 bits per heavy atom. The fourth-order valence-electron chi connectivity index (χ4n) is 6.35. The van der Waals surface area contributed by atoms with E-state index in [0.29, 0.717) is 30.9 Å². The number of pyridine rings is 1. The smallest absolute Gasteiger partial charge is 0.407 e. The number of carbonyl (C=O) groups is 1. The maximum atomic E-state index is 15.0. The van der Waals surface area contributed by atoms with Crippen LogP contribution >= 0.6 is 11.6 Å². The molecule has 6 rings (SSSR count). The van der Waals surface area contributed by atoms with Crippen molar-refractivity contribution in [2.75, 3.05) is 37.7 Å². The van der Waals surface area contributed by atoms with E-state index < -0.39 is 11.9 Å². The number of carboxylic acid groups (broad SMARTS) is 1. The molecule has 0 aliphatic carbocycles.